The maximum atomic E-state index is 13.5. The van der Waals surface area contributed by atoms with Crippen LogP contribution < -0.4 is 5.73 Å². The van der Waals surface area contributed by atoms with Gasteiger partial charge in [0.1, 0.15) is 17.3 Å². The fourth-order valence-corrected chi connectivity index (χ4v) is 2.52. The Morgan fingerprint density at radius 1 is 1.35 bits per heavy atom. The van der Waals surface area contributed by atoms with Crippen LogP contribution in [0.15, 0.2) is 46.6 Å². The molecule has 0 amide bonds. The summed E-state index contributed by atoms with van der Waals surface area (Å²) >= 11 is 1.11. The van der Waals surface area contributed by atoms with E-state index >= 15 is 0 Å². The zero-order valence-corrected chi connectivity index (χ0v) is 11.1. The highest BCUT2D eigenvalue weighted by molar-refractivity contribution is 7.98. The summed E-state index contributed by atoms with van der Waals surface area (Å²) in [5.41, 5.74) is 6.49. The van der Waals surface area contributed by atoms with Gasteiger partial charge in [0.2, 0.25) is 0 Å². The first kappa shape index (κ1) is 14.3. The van der Waals surface area contributed by atoms with Crippen LogP contribution in [0.4, 0.5) is 8.78 Å². The molecule has 3 N–H and O–H groups in total. The van der Waals surface area contributed by atoms with Crippen molar-refractivity contribution >= 4 is 17.6 Å². The molecule has 104 valence electrons. The summed E-state index contributed by atoms with van der Waals surface area (Å²) < 4.78 is 26.6. The quantitative estimate of drug-likeness (QED) is 0.299. The van der Waals surface area contributed by atoms with Crippen molar-refractivity contribution in [1.82, 2.24) is 4.98 Å². The number of thioether (sulfide) groups is 1. The van der Waals surface area contributed by atoms with E-state index in [1.54, 1.807) is 12.1 Å². The lowest BCUT2D eigenvalue weighted by Crippen LogP contribution is -2.17. The molecule has 0 fully saturated rings. The average Bonchev–Trinajstić information content (AvgIpc) is 2.47. The Kier molecular flexibility index (Phi) is 4.52. The molecule has 0 bridgehead atoms. The molecule has 1 aromatic carbocycles. The number of oxime groups is 1. The fraction of sp³-hybridized carbons (Fsp3) is 0.0769. The van der Waals surface area contributed by atoms with Crippen molar-refractivity contribution in [2.24, 2.45) is 10.9 Å². The van der Waals surface area contributed by atoms with Gasteiger partial charge in [-0.1, -0.05) is 11.2 Å². The summed E-state index contributed by atoms with van der Waals surface area (Å²) in [5, 5.41) is 11.6. The third-order valence-corrected chi connectivity index (χ3v) is 3.60. The van der Waals surface area contributed by atoms with E-state index in [4.69, 9.17) is 10.9 Å². The maximum Gasteiger partial charge on any atom is 0.189 e. The largest absolute Gasteiger partial charge is 0.409 e. The highest BCUT2D eigenvalue weighted by atomic mass is 32.2. The number of pyridine rings is 1. The van der Waals surface area contributed by atoms with Crippen molar-refractivity contribution in [3.8, 4) is 0 Å². The molecule has 0 aliphatic rings. The number of nitrogens with two attached hydrogens (primary N) is 1. The smallest absolute Gasteiger partial charge is 0.189 e. The zero-order chi connectivity index (χ0) is 14.5. The van der Waals surface area contributed by atoms with Gasteiger partial charge in [0.25, 0.3) is 0 Å². The third-order valence-electron chi connectivity index (χ3n) is 2.52. The number of aromatic nitrogens is 1. The van der Waals surface area contributed by atoms with E-state index in [-0.39, 0.29) is 10.7 Å². The second-order valence-electron chi connectivity index (χ2n) is 3.86. The Hall–Kier alpha value is -2.15. The normalized spacial score (nSPS) is 11.6. The van der Waals surface area contributed by atoms with Gasteiger partial charge >= 0.3 is 0 Å². The molecule has 0 saturated heterocycles. The van der Waals surface area contributed by atoms with E-state index in [9.17, 15) is 8.78 Å². The first-order valence-corrected chi connectivity index (χ1v) is 6.60. The van der Waals surface area contributed by atoms with Crippen LogP contribution in [-0.2, 0) is 5.75 Å². The second kappa shape index (κ2) is 6.33. The molecule has 20 heavy (non-hydrogen) atoms. The SMILES string of the molecule is NC(=NO)c1ncccc1CSc1cc(F)ccc1F. The van der Waals surface area contributed by atoms with E-state index in [2.05, 4.69) is 10.1 Å². The first-order valence-electron chi connectivity index (χ1n) is 5.61. The molecule has 4 nitrogen and oxygen atoms in total. The molecular weight excluding hydrogens is 284 g/mol. The van der Waals surface area contributed by atoms with Gasteiger partial charge in [-0.3, -0.25) is 4.98 Å². The van der Waals surface area contributed by atoms with E-state index < -0.39 is 11.6 Å². The lowest BCUT2D eigenvalue weighted by Gasteiger charge is -2.07. The average molecular weight is 295 g/mol. The van der Waals surface area contributed by atoms with Crippen LogP contribution in [0.25, 0.3) is 0 Å². The first-order chi connectivity index (χ1) is 9.61. The number of benzene rings is 1. The number of hydrogen-bond acceptors (Lipinski definition) is 4. The molecule has 0 unspecified atom stereocenters. The number of nitrogens with zero attached hydrogens (tertiary/aromatic N) is 2. The standard InChI is InChI=1S/C13H11F2N3OS/c14-9-3-4-10(15)11(6-9)20-7-8-2-1-5-17-12(8)13(16)18-19/h1-6,19H,7H2,(H2,16,18). The van der Waals surface area contributed by atoms with Crippen molar-refractivity contribution in [1.29, 1.82) is 0 Å². The highest BCUT2D eigenvalue weighted by Crippen LogP contribution is 2.27. The monoisotopic (exact) mass is 295 g/mol. The van der Waals surface area contributed by atoms with Crippen molar-refractivity contribution in [3.05, 3.63) is 59.4 Å². The predicted molar refractivity (Wildman–Crippen MR) is 72.7 cm³/mol. The summed E-state index contributed by atoms with van der Waals surface area (Å²) in [6.45, 7) is 0. The Morgan fingerprint density at radius 2 is 2.15 bits per heavy atom. The summed E-state index contributed by atoms with van der Waals surface area (Å²) in [4.78, 5) is 4.20. The molecule has 0 saturated carbocycles. The lowest BCUT2D eigenvalue weighted by atomic mass is 10.2. The van der Waals surface area contributed by atoms with Crippen LogP contribution in [0.2, 0.25) is 0 Å². The van der Waals surface area contributed by atoms with Crippen molar-refractivity contribution < 1.29 is 14.0 Å². The van der Waals surface area contributed by atoms with Crippen LogP contribution in [0, 0.1) is 11.6 Å². The minimum Gasteiger partial charge on any atom is -0.409 e. The van der Waals surface area contributed by atoms with Crippen LogP contribution >= 0.6 is 11.8 Å². The van der Waals surface area contributed by atoms with Gasteiger partial charge in [-0.05, 0) is 29.8 Å². The molecule has 1 heterocycles. The van der Waals surface area contributed by atoms with E-state index in [0.717, 1.165) is 30.0 Å². The molecular formula is C13H11F2N3OS. The van der Waals surface area contributed by atoms with Gasteiger partial charge in [0.05, 0.1) is 0 Å². The lowest BCUT2D eigenvalue weighted by molar-refractivity contribution is 0.318. The number of amidine groups is 1. The topological polar surface area (TPSA) is 71.5 Å². The van der Waals surface area contributed by atoms with Gasteiger partial charge in [-0.15, -0.1) is 11.8 Å². The maximum absolute atomic E-state index is 13.5. The van der Waals surface area contributed by atoms with Crippen LogP contribution in [0.3, 0.4) is 0 Å². The predicted octanol–water partition coefficient (Wildman–Crippen LogP) is 2.75. The molecule has 0 aliphatic carbocycles. The molecule has 2 rings (SSSR count). The van der Waals surface area contributed by atoms with Crippen molar-refractivity contribution in [2.45, 2.75) is 10.6 Å². The molecule has 0 spiro atoms. The number of halogens is 2. The van der Waals surface area contributed by atoms with Crippen LogP contribution in [0.1, 0.15) is 11.3 Å². The molecule has 0 aliphatic heterocycles. The van der Waals surface area contributed by atoms with Gasteiger partial charge in [-0.25, -0.2) is 8.78 Å². The Balaban J connectivity index is 2.21. The van der Waals surface area contributed by atoms with Crippen LogP contribution in [0.5, 0.6) is 0 Å². The Bertz CT molecular complexity index is 649. The van der Waals surface area contributed by atoms with Crippen molar-refractivity contribution in [2.75, 3.05) is 0 Å². The van der Waals surface area contributed by atoms with Gasteiger partial charge in [0.15, 0.2) is 5.84 Å². The van der Waals surface area contributed by atoms with Gasteiger partial charge < -0.3 is 10.9 Å². The third kappa shape index (κ3) is 3.24. The van der Waals surface area contributed by atoms with Gasteiger partial charge in [0, 0.05) is 16.8 Å². The number of hydrogen-bond donors (Lipinski definition) is 2. The summed E-state index contributed by atoms with van der Waals surface area (Å²) in [5.74, 6) is -0.803. The van der Waals surface area contributed by atoms with E-state index in [1.807, 2.05) is 0 Å². The molecule has 2 aromatic rings. The van der Waals surface area contributed by atoms with E-state index in [0.29, 0.717) is 17.0 Å². The van der Waals surface area contributed by atoms with Gasteiger partial charge in [-0.2, -0.15) is 0 Å². The molecule has 7 heteroatoms. The number of rotatable bonds is 4. The Morgan fingerprint density at radius 3 is 2.90 bits per heavy atom. The van der Waals surface area contributed by atoms with Crippen LogP contribution in [-0.4, -0.2) is 16.0 Å². The fourth-order valence-electron chi connectivity index (χ4n) is 1.58. The van der Waals surface area contributed by atoms with Crippen molar-refractivity contribution in [3.63, 3.8) is 0 Å². The molecule has 1 aromatic heterocycles. The molecule has 0 atom stereocenters. The minimum atomic E-state index is -0.503. The summed E-state index contributed by atoms with van der Waals surface area (Å²) in [7, 11) is 0. The molecule has 0 radical (unpaired) electrons. The summed E-state index contributed by atoms with van der Waals surface area (Å²) in [6, 6.07) is 6.67. The highest BCUT2D eigenvalue weighted by Gasteiger charge is 2.10. The minimum absolute atomic E-state index is 0.124. The summed E-state index contributed by atoms with van der Waals surface area (Å²) in [6.07, 6.45) is 1.50. The zero-order valence-electron chi connectivity index (χ0n) is 10.3. The second-order valence-corrected chi connectivity index (χ2v) is 4.88. The van der Waals surface area contributed by atoms with E-state index in [1.165, 1.54) is 6.20 Å². The Labute approximate surface area is 118 Å².